The first-order valence-corrected chi connectivity index (χ1v) is 15.8. The molecule has 0 fully saturated rings. The normalized spacial score (nSPS) is 11.8. The number of benzene rings is 6. The predicted octanol–water partition coefficient (Wildman–Crippen LogP) is 12.3. The van der Waals surface area contributed by atoms with Gasteiger partial charge >= 0.3 is 0 Å². The first-order valence-electron chi connectivity index (χ1n) is 15.8. The van der Waals surface area contributed by atoms with Gasteiger partial charge in [-0.15, -0.1) is 0 Å². The van der Waals surface area contributed by atoms with Crippen LogP contribution in [0.4, 0.5) is 17.1 Å². The molecule has 0 saturated heterocycles. The molecule has 6 aromatic rings. The summed E-state index contributed by atoms with van der Waals surface area (Å²) in [7, 11) is 0. The van der Waals surface area contributed by atoms with Gasteiger partial charge in [-0.25, -0.2) is 0 Å². The van der Waals surface area contributed by atoms with E-state index in [9.17, 15) is 0 Å². The smallest absolute Gasteiger partial charge is 0.0534 e. The van der Waals surface area contributed by atoms with Crippen molar-refractivity contribution in [2.24, 2.45) is 0 Å². The van der Waals surface area contributed by atoms with Gasteiger partial charge in [0, 0.05) is 5.69 Å². The van der Waals surface area contributed by atoms with Gasteiger partial charge in [-0.3, -0.25) is 0 Å². The lowest BCUT2D eigenvalue weighted by atomic mass is 10.0. The van der Waals surface area contributed by atoms with Crippen LogP contribution in [-0.2, 0) is 6.42 Å². The van der Waals surface area contributed by atoms with Crippen molar-refractivity contribution in [1.82, 2.24) is 0 Å². The highest BCUT2D eigenvalue weighted by Gasteiger charge is 2.19. The molecular weight excluding hydrogens is 542 g/mol. The van der Waals surface area contributed by atoms with E-state index in [1.165, 1.54) is 67.1 Å². The Morgan fingerprint density at radius 3 is 1.58 bits per heavy atom. The third-order valence-corrected chi connectivity index (χ3v) is 8.38. The SMILES string of the molecule is CCc1ccccc1/C=C\c1ccccc1C.Cc1ccc(-c2ccc(N3c4ccccc4C=Cc4ccccc43)cc2)cc1. The minimum atomic E-state index is 1.08. The predicted molar refractivity (Wildman–Crippen MR) is 196 cm³/mol. The maximum atomic E-state index is 2.35. The molecule has 0 unspecified atom stereocenters. The number of fused-ring (bicyclic) bond motifs is 2. The van der Waals surface area contributed by atoms with E-state index in [1.54, 1.807) is 0 Å². The molecule has 0 aliphatic carbocycles. The summed E-state index contributed by atoms with van der Waals surface area (Å²) in [4.78, 5) is 2.35. The molecule has 1 heteroatoms. The van der Waals surface area contributed by atoms with Crippen LogP contribution in [0.15, 0.2) is 146 Å². The zero-order valence-corrected chi connectivity index (χ0v) is 26.3. The standard InChI is InChI=1S/C27H21N.C17H18/c1-20-10-12-21(13-11-20)22-16-18-25(19-17-22)28-26-8-4-2-6-23(26)14-15-24-7-3-5-9-27(24)28;1-3-15-9-6-7-11-17(15)13-12-16-10-5-4-8-14(16)2/h2-19H,1H3;4-13H,3H2,1-2H3/b;13-12-. The molecule has 1 aliphatic rings. The fourth-order valence-corrected chi connectivity index (χ4v) is 5.77. The van der Waals surface area contributed by atoms with Crippen molar-refractivity contribution in [1.29, 1.82) is 0 Å². The largest absolute Gasteiger partial charge is 0.309 e. The van der Waals surface area contributed by atoms with Crippen molar-refractivity contribution in [3.05, 3.63) is 185 Å². The molecule has 7 rings (SSSR count). The quantitative estimate of drug-likeness (QED) is 0.183. The summed E-state index contributed by atoms with van der Waals surface area (Å²) < 4.78 is 0. The van der Waals surface area contributed by atoms with Crippen LogP contribution < -0.4 is 4.90 Å². The van der Waals surface area contributed by atoms with E-state index in [0.29, 0.717) is 0 Å². The number of aryl methyl sites for hydroxylation is 3. The van der Waals surface area contributed by atoms with Gasteiger partial charge < -0.3 is 4.90 Å². The Balaban J connectivity index is 0.000000180. The highest BCUT2D eigenvalue weighted by molar-refractivity contribution is 5.93. The molecule has 0 amide bonds. The second kappa shape index (κ2) is 13.9. The van der Waals surface area contributed by atoms with Gasteiger partial charge in [0.2, 0.25) is 0 Å². The van der Waals surface area contributed by atoms with E-state index in [4.69, 9.17) is 0 Å². The first kappa shape index (κ1) is 29.7. The van der Waals surface area contributed by atoms with Crippen LogP contribution in [0.25, 0.3) is 35.4 Å². The van der Waals surface area contributed by atoms with Crippen LogP contribution in [-0.4, -0.2) is 0 Å². The minimum absolute atomic E-state index is 1.08. The lowest BCUT2D eigenvalue weighted by molar-refractivity contribution is 1.13. The average molecular weight is 582 g/mol. The fourth-order valence-electron chi connectivity index (χ4n) is 5.77. The van der Waals surface area contributed by atoms with E-state index in [-0.39, 0.29) is 0 Å². The molecule has 1 heterocycles. The molecule has 0 radical (unpaired) electrons. The summed E-state index contributed by atoms with van der Waals surface area (Å²) in [6.07, 6.45) is 9.89. The van der Waals surface area contributed by atoms with E-state index < -0.39 is 0 Å². The van der Waals surface area contributed by atoms with Crippen LogP contribution in [0.5, 0.6) is 0 Å². The maximum Gasteiger partial charge on any atom is 0.0534 e. The van der Waals surface area contributed by atoms with Crippen molar-refractivity contribution in [2.75, 3.05) is 4.90 Å². The van der Waals surface area contributed by atoms with Crippen molar-refractivity contribution in [2.45, 2.75) is 27.2 Å². The molecule has 1 aliphatic heterocycles. The molecule has 0 N–H and O–H groups in total. The Kier molecular flexibility index (Phi) is 9.18. The highest BCUT2D eigenvalue weighted by atomic mass is 15.1. The van der Waals surface area contributed by atoms with Gasteiger partial charge in [0.1, 0.15) is 0 Å². The van der Waals surface area contributed by atoms with Crippen LogP contribution in [0.1, 0.15) is 45.9 Å². The summed E-state index contributed by atoms with van der Waals surface area (Å²) in [6.45, 7) is 6.46. The van der Waals surface area contributed by atoms with Gasteiger partial charge in [0.15, 0.2) is 0 Å². The Morgan fingerprint density at radius 1 is 0.489 bits per heavy atom. The van der Waals surface area contributed by atoms with Gasteiger partial charge in [0.05, 0.1) is 11.4 Å². The Labute approximate surface area is 268 Å². The van der Waals surface area contributed by atoms with Crippen molar-refractivity contribution in [3.8, 4) is 11.1 Å². The topological polar surface area (TPSA) is 3.24 Å². The third-order valence-electron chi connectivity index (χ3n) is 8.38. The minimum Gasteiger partial charge on any atom is -0.309 e. The molecule has 0 atom stereocenters. The molecular formula is C44H39N. The van der Waals surface area contributed by atoms with Crippen molar-refractivity contribution in [3.63, 3.8) is 0 Å². The zero-order valence-electron chi connectivity index (χ0n) is 26.3. The number of rotatable bonds is 5. The summed E-state index contributed by atoms with van der Waals surface area (Å²) in [6, 6.07) is 51.7. The van der Waals surface area contributed by atoms with Crippen LogP contribution in [0.2, 0.25) is 0 Å². The van der Waals surface area contributed by atoms with Crippen LogP contribution in [0, 0.1) is 13.8 Å². The number of para-hydroxylation sites is 2. The second-order valence-corrected chi connectivity index (χ2v) is 11.4. The molecule has 0 bridgehead atoms. The summed E-state index contributed by atoms with van der Waals surface area (Å²) >= 11 is 0. The molecule has 0 spiro atoms. The fraction of sp³-hybridized carbons (Fsp3) is 0.0909. The number of hydrogen-bond donors (Lipinski definition) is 0. The van der Waals surface area contributed by atoms with Crippen molar-refractivity contribution >= 4 is 41.4 Å². The Hall–Kier alpha value is -5.40. The number of anilines is 3. The van der Waals surface area contributed by atoms with Gasteiger partial charge in [-0.1, -0.05) is 158 Å². The Bertz CT molecular complexity index is 1890. The van der Waals surface area contributed by atoms with E-state index >= 15 is 0 Å². The zero-order chi connectivity index (χ0) is 31.0. The lowest BCUT2D eigenvalue weighted by Crippen LogP contribution is -2.11. The average Bonchev–Trinajstić information content (AvgIpc) is 3.26. The van der Waals surface area contributed by atoms with E-state index in [1.807, 2.05) is 0 Å². The molecule has 45 heavy (non-hydrogen) atoms. The van der Waals surface area contributed by atoms with Gasteiger partial charge in [-0.2, -0.15) is 0 Å². The maximum absolute atomic E-state index is 2.35. The van der Waals surface area contributed by atoms with Crippen LogP contribution in [0.3, 0.4) is 0 Å². The lowest BCUT2D eigenvalue weighted by Gasteiger charge is -2.27. The van der Waals surface area contributed by atoms with E-state index in [2.05, 4.69) is 196 Å². The van der Waals surface area contributed by atoms with Gasteiger partial charge in [-0.05, 0) is 89.0 Å². The van der Waals surface area contributed by atoms with E-state index in [0.717, 1.165) is 6.42 Å². The Morgan fingerprint density at radius 2 is 0.978 bits per heavy atom. The first-order chi connectivity index (χ1) is 22.1. The molecule has 1 nitrogen and oxygen atoms in total. The van der Waals surface area contributed by atoms with Gasteiger partial charge in [0.25, 0.3) is 0 Å². The molecule has 6 aromatic carbocycles. The number of hydrogen-bond acceptors (Lipinski definition) is 1. The monoisotopic (exact) mass is 581 g/mol. The number of nitrogens with zero attached hydrogens (tertiary/aromatic N) is 1. The summed E-state index contributed by atoms with van der Waals surface area (Å²) in [5.74, 6) is 0. The second-order valence-electron chi connectivity index (χ2n) is 11.4. The summed E-state index contributed by atoms with van der Waals surface area (Å²) in [5.41, 5.74) is 15.1. The molecule has 0 saturated carbocycles. The summed E-state index contributed by atoms with van der Waals surface area (Å²) in [5, 5.41) is 0. The highest BCUT2D eigenvalue weighted by Crippen LogP contribution is 2.42. The van der Waals surface area contributed by atoms with Crippen molar-refractivity contribution < 1.29 is 0 Å². The third kappa shape index (κ3) is 6.89. The van der Waals surface area contributed by atoms with Crippen LogP contribution >= 0.6 is 0 Å². The molecule has 0 aromatic heterocycles. The molecule has 220 valence electrons.